The predicted molar refractivity (Wildman–Crippen MR) is 93.3 cm³/mol. The fourth-order valence-corrected chi connectivity index (χ4v) is 2.22. The summed E-state index contributed by atoms with van der Waals surface area (Å²) < 4.78 is 15.6. The van der Waals surface area contributed by atoms with Crippen molar-refractivity contribution in [3.8, 4) is 17.2 Å². The Morgan fingerprint density at radius 3 is 2.46 bits per heavy atom. The summed E-state index contributed by atoms with van der Waals surface area (Å²) in [6, 6.07) is 11.7. The van der Waals surface area contributed by atoms with Crippen molar-refractivity contribution in [2.75, 3.05) is 13.4 Å². The third-order valence-corrected chi connectivity index (χ3v) is 3.55. The summed E-state index contributed by atoms with van der Waals surface area (Å²) in [6.07, 6.45) is 0. The number of ether oxygens (including phenoxy) is 3. The third-order valence-electron chi connectivity index (χ3n) is 3.55. The molecule has 0 unspecified atom stereocenters. The fourth-order valence-electron chi connectivity index (χ4n) is 2.22. The molecule has 2 aromatic carbocycles. The van der Waals surface area contributed by atoms with Gasteiger partial charge in [-0.1, -0.05) is 6.58 Å². The lowest BCUT2D eigenvalue weighted by molar-refractivity contribution is -0.119. The molecule has 1 heterocycles. The van der Waals surface area contributed by atoms with Gasteiger partial charge in [0.1, 0.15) is 5.75 Å². The quantitative estimate of drug-likeness (QED) is 0.643. The number of carbonyl (C=O) groups excluding carboxylic acids is 2. The van der Waals surface area contributed by atoms with Gasteiger partial charge in [-0.3, -0.25) is 20.4 Å². The van der Waals surface area contributed by atoms with Crippen LogP contribution in [0.3, 0.4) is 0 Å². The summed E-state index contributed by atoms with van der Waals surface area (Å²) in [6.45, 7) is 3.82. The topological polar surface area (TPSA) is 112 Å². The zero-order valence-electron chi connectivity index (χ0n) is 13.8. The summed E-state index contributed by atoms with van der Waals surface area (Å²) in [5.41, 5.74) is 12.0. The van der Waals surface area contributed by atoms with Gasteiger partial charge >= 0.3 is 0 Å². The van der Waals surface area contributed by atoms with Crippen LogP contribution in [-0.4, -0.2) is 25.2 Å². The normalized spacial score (nSPS) is 11.5. The van der Waals surface area contributed by atoms with Gasteiger partial charge in [0, 0.05) is 5.56 Å². The first-order valence-corrected chi connectivity index (χ1v) is 7.69. The van der Waals surface area contributed by atoms with Crippen molar-refractivity contribution >= 4 is 17.5 Å². The number of hydrogen-bond donors (Lipinski definition) is 3. The van der Waals surface area contributed by atoms with Crippen LogP contribution >= 0.6 is 0 Å². The number of nitrogens with one attached hydrogen (secondary N) is 2. The van der Waals surface area contributed by atoms with Crippen LogP contribution in [0.5, 0.6) is 17.2 Å². The van der Waals surface area contributed by atoms with Crippen molar-refractivity contribution in [3.05, 3.63) is 60.2 Å². The SMILES string of the molecule is C=C(NNC(=O)c1ccc2c(c1)OCO2)c1ccc(OCC(N)=O)cc1. The van der Waals surface area contributed by atoms with Gasteiger partial charge in [-0.2, -0.15) is 0 Å². The Bertz CT molecular complexity index is 848. The molecule has 0 saturated carbocycles. The van der Waals surface area contributed by atoms with Crippen LogP contribution in [-0.2, 0) is 4.79 Å². The largest absolute Gasteiger partial charge is 0.484 e. The number of nitrogens with two attached hydrogens (primary N) is 1. The molecule has 0 aromatic heterocycles. The van der Waals surface area contributed by atoms with E-state index in [1.807, 2.05) is 0 Å². The zero-order chi connectivity index (χ0) is 18.5. The highest BCUT2D eigenvalue weighted by Gasteiger charge is 2.16. The number of hydrogen-bond acceptors (Lipinski definition) is 6. The van der Waals surface area contributed by atoms with Gasteiger partial charge in [0.2, 0.25) is 6.79 Å². The molecule has 1 aliphatic rings. The van der Waals surface area contributed by atoms with Gasteiger partial charge in [-0.15, -0.1) is 0 Å². The first kappa shape index (κ1) is 17.2. The summed E-state index contributed by atoms with van der Waals surface area (Å²) in [7, 11) is 0. The molecule has 0 fully saturated rings. The Morgan fingerprint density at radius 1 is 1.04 bits per heavy atom. The standard InChI is InChI=1S/C18H17N3O5/c1-11(12-2-5-14(6-3-12)24-9-17(19)22)20-21-18(23)13-4-7-15-16(8-13)26-10-25-15/h2-8,20H,1,9-10H2,(H2,19,22)(H,21,23). The van der Waals surface area contributed by atoms with Gasteiger partial charge in [0.05, 0.1) is 5.70 Å². The number of carbonyl (C=O) groups is 2. The molecule has 0 atom stereocenters. The Balaban J connectivity index is 1.54. The number of amides is 2. The van der Waals surface area contributed by atoms with E-state index in [2.05, 4.69) is 17.4 Å². The van der Waals surface area contributed by atoms with E-state index in [0.717, 1.165) is 5.56 Å². The van der Waals surface area contributed by atoms with Crippen molar-refractivity contribution in [2.45, 2.75) is 0 Å². The van der Waals surface area contributed by atoms with Gasteiger partial charge in [0.25, 0.3) is 11.8 Å². The third kappa shape index (κ3) is 4.04. The highest BCUT2D eigenvalue weighted by Crippen LogP contribution is 2.32. The van der Waals surface area contributed by atoms with Crippen molar-refractivity contribution in [1.29, 1.82) is 0 Å². The predicted octanol–water partition coefficient (Wildman–Crippen LogP) is 1.18. The summed E-state index contributed by atoms with van der Waals surface area (Å²) in [5, 5.41) is 0. The lowest BCUT2D eigenvalue weighted by Gasteiger charge is -2.12. The molecular weight excluding hydrogens is 338 g/mol. The molecule has 26 heavy (non-hydrogen) atoms. The van der Waals surface area contributed by atoms with Gasteiger partial charge in [0.15, 0.2) is 18.1 Å². The van der Waals surface area contributed by atoms with Gasteiger partial charge in [-0.05, 0) is 48.0 Å². The first-order chi connectivity index (χ1) is 12.5. The average molecular weight is 355 g/mol. The second-order valence-electron chi connectivity index (χ2n) is 5.41. The average Bonchev–Trinajstić information content (AvgIpc) is 3.12. The number of primary amides is 1. The van der Waals surface area contributed by atoms with E-state index in [1.54, 1.807) is 42.5 Å². The molecule has 2 aromatic rings. The molecule has 0 bridgehead atoms. The lowest BCUT2D eigenvalue weighted by Crippen LogP contribution is -2.35. The van der Waals surface area contributed by atoms with E-state index in [9.17, 15) is 9.59 Å². The molecule has 2 amide bonds. The van der Waals surface area contributed by atoms with Crippen LogP contribution in [0.2, 0.25) is 0 Å². The maximum absolute atomic E-state index is 12.2. The number of hydrazine groups is 1. The van der Waals surface area contributed by atoms with E-state index in [4.69, 9.17) is 19.9 Å². The van der Waals surface area contributed by atoms with E-state index in [-0.39, 0.29) is 19.3 Å². The maximum Gasteiger partial charge on any atom is 0.269 e. The molecular formula is C18H17N3O5. The molecule has 8 heteroatoms. The molecule has 4 N–H and O–H groups in total. The first-order valence-electron chi connectivity index (χ1n) is 7.69. The Kier molecular flexibility index (Phi) is 4.93. The molecule has 8 nitrogen and oxygen atoms in total. The number of benzene rings is 2. The van der Waals surface area contributed by atoms with E-state index >= 15 is 0 Å². The molecule has 134 valence electrons. The summed E-state index contributed by atoms with van der Waals surface area (Å²) in [4.78, 5) is 22.9. The monoisotopic (exact) mass is 355 g/mol. The lowest BCUT2D eigenvalue weighted by atomic mass is 10.1. The minimum absolute atomic E-state index is 0.147. The van der Waals surface area contributed by atoms with Crippen molar-refractivity contribution in [1.82, 2.24) is 10.9 Å². The smallest absolute Gasteiger partial charge is 0.269 e. The molecule has 1 aliphatic heterocycles. The van der Waals surface area contributed by atoms with Crippen LogP contribution in [0, 0.1) is 0 Å². The fraction of sp³-hybridized carbons (Fsp3) is 0.111. The Hall–Kier alpha value is -3.68. The van der Waals surface area contributed by atoms with Gasteiger partial charge < -0.3 is 19.9 Å². The minimum Gasteiger partial charge on any atom is -0.484 e. The van der Waals surface area contributed by atoms with E-state index in [1.165, 1.54) is 0 Å². The minimum atomic E-state index is -0.550. The van der Waals surface area contributed by atoms with Crippen molar-refractivity contribution in [3.63, 3.8) is 0 Å². The molecule has 3 rings (SSSR count). The molecule has 0 aliphatic carbocycles. The number of rotatable bonds is 7. The van der Waals surface area contributed by atoms with Crippen LogP contribution in [0.15, 0.2) is 49.0 Å². The van der Waals surface area contributed by atoms with Crippen LogP contribution in [0.1, 0.15) is 15.9 Å². The van der Waals surface area contributed by atoms with Crippen LogP contribution < -0.4 is 30.8 Å². The van der Waals surface area contributed by atoms with Crippen LogP contribution in [0.4, 0.5) is 0 Å². The van der Waals surface area contributed by atoms with Crippen molar-refractivity contribution < 1.29 is 23.8 Å². The molecule has 0 saturated heterocycles. The van der Waals surface area contributed by atoms with E-state index < -0.39 is 5.91 Å². The van der Waals surface area contributed by atoms with Gasteiger partial charge in [-0.25, -0.2) is 0 Å². The highest BCUT2D eigenvalue weighted by molar-refractivity contribution is 5.95. The molecule has 0 spiro atoms. The zero-order valence-corrected chi connectivity index (χ0v) is 13.8. The second-order valence-corrected chi connectivity index (χ2v) is 5.41. The van der Waals surface area contributed by atoms with E-state index in [0.29, 0.717) is 28.5 Å². The maximum atomic E-state index is 12.2. The second kappa shape index (κ2) is 7.47. The number of fused-ring (bicyclic) bond motifs is 1. The summed E-state index contributed by atoms with van der Waals surface area (Å²) >= 11 is 0. The Morgan fingerprint density at radius 2 is 1.73 bits per heavy atom. The highest BCUT2D eigenvalue weighted by atomic mass is 16.7. The molecule has 0 radical (unpaired) electrons. The van der Waals surface area contributed by atoms with Crippen LogP contribution in [0.25, 0.3) is 5.70 Å². The summed E-state index contributed by atoms with van der Waals surface area (Å²) in [5.74, 6) is 0.752. The van der Waals surface area contributed by atoms with Crippen molar-refractivity contribution in [2.24, 2.45) is 5.73 Å². The Labute approximate surface area is 149 Å².